The summed E-state index contributed by atoms with van der Waals surface area (Å²) in [6, 6.07) is 9.76. The highest BCUT2D eigenvalue weighted by Gasteiger charge is 2.12. The van der Waals surface area contributed by atoms with Gasteiger partial charge in [-0.15, -0.1) is 0 Å². The van der Waals surface area contributed by atoms with Gasteiger partial charge in [0.15, 0.2) is 11.5 Å². The maximum Gasteiger partial charge on any atom is 0.162 e. The summed E-state index contributed by atoms with van der Waals surface area (Å²) < 4.78 is 11.1. The van der Waals surface area contributed by atoms with Crippen LogP contribution in [0.3, 0.4) is 0 Å². The molecule has 0 fully saturated rings. The van der Waals surface area contributed by atoms with Crippen molar-refractivity contribution in [2.45, 2.75) is 6.54 Å². The Balaban J connectivity index is 2.00. The fraction of sp³-hybridized carbons (Fsp3) is 0.214. The summed E-state index contributed by atoms with van der Waals surface area (Å²) >= 11 is 0. The van der Waals surface area contributed by atoms with Gasteiger partial charge in [0.05, 0.1) is 5.69 Å². The van der Waals surface area contributed by atoms with Gasteiger partial charge in [-0.05, 0) is 35.9 Å². The molecule has 1 aromatic carbocycles. The molecule has 0 saturated carbocycles. The molecule has 0 atom stereocenters. The van der Waals surface area contributed by atoms with Crippen LogP contribution in [0, 0.1) is 0 Å². The van der Waals surface area contributed by atoms with Crippen LogP contribution in [0.25, 0.3) is 11.3 Å². The number of ether oxygens (including phenoxy) is 2. The van der Waals surface area contributed by atoms with Crippen LogP contribution in [-0.4, -0.2) is 18.2 Å². The molecule has 1 aliphatic heterocycles. The monoisotopic (exact) mass is 242 g/mol. The highest BCUT2D eigenvalue weighted by Crippen LogP contribution is 2.33. The maximum absolute atomic E-state index is 5.64. The Labute approximate surface area is 105 Å². The van der Waals surface area contributed by atoms with Crippen LogP contribution < -0.4 is 15.2 Å². The van der Waals surface area contributed by atoms with Crippen LogP contribution >= 0.6 is 0 Å². The number of aromatic nitrogens is 1. The number of fused-ring (bicyclic) bond motifs is 1. The zero-order valence-corrected chi connectivity index (χ0v) is 9.93. The molecule has 92 valence electrons. The van der Waals surface area contributed by atoms with Crippen LogP contribution in [-0.2, 0) is 6.54 Å². The largest absolute Gasteiger partial charge is 0.486 e. The molecule has 2 heterocycles. The van der Waals surface area contributed by atoms with E-state index in [0.717, 1.165) is 28.3 Å². The van der Waals surface area contributed by atoms with E-state index in [-0.39, 0.29) is 0 Å². The second-order valence-corrected chi connectivity index (χ2v) is 4.11. The molecule has 18 heavy (non-hydrogen) atoms. The highest BCUT2D eigenvalue weighted by molar-refractivity contribution is 5.64. The summed E-state index contributed by atoms with van der Waals surface area (Å²) in [7, 11) is 0. The van der Waals surface area contributed by atoms with Gasteiger partial charge in [-0.3, -0.25) is 4.98 Å². The minimum atomic E-state index is 0.514. The molecular formula is C14H14N2O2. The first-order valence-corrected chi connectivity index (χ1v) is 5.92. The topological polar surface area (TPSA) is 57.4 Å². The first kappa shape index (κ1) is 11.0. The van der Waals surface area contributed by atoms with E-state index in [9.17, 15) is 0 Å². The van der Waals surface area contributed by atoms with Gasteiger partial charge in [0.2, 0.25) is 0 Å². The van der Waals surface area contributed by atoms with Crippen LogP contribution in [0.15, 0.2) is 36.5 Å². The molecule has 4 heteroatoms. The Morgan fingerprint density at radius 1 is 1.06 bits per heavy atom. The van der Waals surface area contributed by atoms with Crippen molar-refractivity contribution in [3.63, 3.8) is 0 Å². The summed E-state index contributed by atoms with van der Waals surface area (Å²) in [6.07, 6.45) is 1.77. The molecule has 0 saturated heterocycles. The summed E-state index contributed by atoms with van der Waals surface area (Å²) in [5, 5.41) is 0. The minimum absolute atomic E-state index is 0.514. The van der Waals surface area contributed by atoms with Crippen molar-refractivity contribution >= 4 is 0 Å². The van der Waals surface area contributed by atoms with E-state index in [1.165, 1.54) is 0 Å². The number of hydrogen-bond acceptors (Lipinski definition) is 4. The normalized spacial score (nSPS) is 13.4. The van der Waals surface area contributed by atoms with Gasteiger partial charge in [0.25, 0.3) is 0 Å². The van der Waals surface area contributed by atoms with Crippen LogP contribution in [0.5, 0.6) is 11.5 Å². The molecule has 0 radical (unpaired) electrons. The molecule has 0 spiro atoms. The van der Waals surface area contributed by atoms with Gasteiger partial charge < -0.3 is 15.2 Å². The molecule has 0 bridgehead atoms. The number of nitrogens with two attached hydrogens (primary N) is 1. The second kappa shape index (κ2) is 4.66. The first-order valence-electron chi connectivity index (χ1n) is 5.92. The molecule has 2 N–H and O–H groups in total. The second-order valence-electron chi connectivity index (χ2n) is 4.11. The minimum Gasteiger partial charge on any atom is -0.486 e. The lowest BCUT2D eigenvalue weighted by Gasteiger charge is -2.18. The van der Waals surface area contributed by atoms with Gasteiger partial charge >= 0.3 is 0 Å². The molecule has 4 nitrogen and oxygen atoms in total. The van der Waals surface area contributed by atoms with Crippen molar-refractivity contribution in [2.75, 3.05) is 13.2 Å². The third-order valence-electron chi connectivity index (χ3n) is 2.90. The average Bonchev–Trinajstić information content (AvgIpc) is 2.47. The fourth-order valence-electron chi connectivity index (χ4n) is 1.96. The molecule has 3 rings (SSSR count). The number of rotatable bonds is 2. The van der Waals surface area contributed by atoms with E-state index in [1.54, 1.807) is 6.20 Å². The van der Waals surface area contributed by atoms with Gasteiger partial charge in [0.1, 0.15) is 13.2 Å². The quantitative estimate of drug-likeness (QED) is 0.874. The number of benzene rings is 1. The van der Waals surface area contributed by atoms with Crippen molar-refractivity contribution in [3.05, 3.63) is 42.1 Å². The first-order chi connectivity index (χ1) is 8.86. The summed E-state index contributed by atoms with van der Waals surface area (Å²) in [4.78, 5) is 4.35. The Morgan fingerprint density at radius 3 is 2.72 bits per heavy atom. The lowest BCUT2D eigenvalue weighted by molar-refractivity contribution is 0.171. The Morgan fingerprint density at radius 2 is 1.89 bits per heavy atom. The van der Waals surface area contributed by atoms with Gasteiger partial charge in [-0.1, -0.05) is 0 Å². The average molecular weight is 242 g/mol. The zero-order chi connectivity index (χ0) is 12.4. The molecular weight excluding hydrogens is 228 g/mol. The van der Waals surface area contributed by atoms with Crippen molar-refractivity contribution in [1.29, 1.82) is 0 Å². The number of nitrogens with zero attached hydrogens (tertiary/aromatic N) is 1. The zero-order valence-electron chi connectivity index (χ0n) is 9.93. The molecule has 1 aromatic heterocycles. The van der Waals surface area contributed by atoms with Crippen molar-refractivity contribution in [1.82, 2.24) is 4.98 Å². The maximum atomic E-state index is 5.64. The van der Waals surface area contributed by atoms with Crippen LogP contribution in [0.1, 0.15) is 5.56 Å². The van der Waals surface area contributed by atoms with Crippen LogP contribution in [0.4, 0.5) is 0 Å². The predicted octanol–water partition coefficient (Wildman–Crippen LogP) is 1.98. The molecule has 1 aliphatic rings. The lowest BCUT2D eigenvalue weighted by atomic mass is 10.1. The summed E-state index contributed by atoms with van der Waals surface area (Å²) in [5.41, 5.74) is 8.61. The fourth-order valence-corrected chi connectivity index (χ4v) is 1.96. The van der Waals surface area contributed by atoms with Crippen molar-refractivity contribution in [2.24, 2.45) is 5.73 Å². The predicted molar refractivity (Wildman–Crippen MR) is 68.6 cm³/mol. The lowest BCUT2D eigenvalue weighted by Crippen LogP contribution is -2.15. The van der Waals surface area contributed by atoms with Crippen LogP contribution in [0.2, 0.25) is 0 Å². The van der Waals surface area contributed by atoms with E-state index >= 15 is 0 Å². The smallest absolute Gasteiger partial charge is 0.162 e. The molecule has 2 aromatic rings. The van der Waals surface area contributed by atoms with Gasteiger partial charge in [-0.2, -0.15) is 0 Å². The Hall–Kier alpha value is -2.07. The van der Waals surface area contributed by atoms with E-state index in [4.69, 9.17) is 15.2 Å². The van der Waals surface area contributed by atoms with Crippen molar-refractivity contribution < 1.29 is 9.47 Å². The molecule has 0 aliphatic carbocycles. The Kier molecular flexibility index (Phi) is 2.86. The van der Waals surface area contributed by atoms with Gasteiger partial charge in [0, 0.05) is 18.3 Å². The standard InChI is InChI=1S/C14H14N2O2/c15-9-10-3-4-16-12(7-10)11-1-2-13-14(8-11)18-6-5-17-13/h1-4,7-8H,5-6,9,15H2. The number of hydrogen-bond donors (Lipinski definition) is 1. The number of pyridine rings is 1. The van der Waals surface area contributed by atoms with Gasteiger partial charge in [-0.25, -0.2) is 0 Å². The Bertz CT molecular complexity index is 569. The third kappa shape index (κ3) is 2.02. The SMILES string of the molecule is NCc1ccnc(-c2ccc3c(c2)OCCO3)c1. The summed E-state index contributed by atoms with van der Waals surface area (Å²) in [6.45, 7) is 1.71. The molecule has 0 amide bonds. The van der Waals surface area contributed by atoms with E-state index in [2.05, 4.69) is 4.98 Å². The third-order valence-corrected chi connectivity index (χ3v) is 2.90. The molecule has 0 unspecified atom stereocenters. The van der Waals surface area contributed by atoms with Crippen molar-refractivity contribution in [3.8, 4) is 22.8 Å². The van der Waals surface area contributed by atoms with E-state index in [1.807, 2.05) is 30.3 Å². The van der Waals surface area contributed by atoms with E-state index < -0.39 is 0 Å². The van der Waals surface area contributed by atoms with E-state index in [0.29, 0.717) is 19.8 Å². The highest BCUT2D eigenvalue weighted by atomic mass is 16.6. The summed E-state index contributed by atoms with van der Waals surface area (Å²) in [5.74, 6) is 1.57.